The molecule has 1 saturated heterocycles. The van der Waals surface area contributed by atoms with Gasteiger partial charge in [-0.3, -0.25) is 14.1 Å². The van der Waals surface area contributed by atoms with E-state index in [1.165, 1.54) is 4.90 Å². The van der Waals surface area contributed by atoms with Crippen LogP contribution in [0.25, 0.3) is 0 Å². The number of hydrogen-bond donors (Lipinski definition) is 2. The van der Waals surface area contributed by atoms with Crippen molar-refractivity contribution in [2.45, 2.75) is 30.3 Å². The molecule has 1 fully saturated rings. The standard InChI is InChI=1S/C19H29F3N4OS/c1-23-18(25-11-14-28(27)17-5-3-2-4-6-17)24-10-7-16-8-12-26(13-9-16)15-19(20,21)22/h2-6,16H,7-15H2,1H3,(H2,23,24,25). The lowest BCUT2D eigenvalue weighted by Gasteiger charge is -2.32. The summed E-state index contributed by atoms with van der Waals surface area (Å²) in [6.45, 7) is 1.45. The summed E-state index contributed by atoms with van der Waals surface area (Å²) in [5.41, 5.74) is 0. The van der Waals surface area contributed by atoms with Gasteiger partial charge in [0.1, 0.15) is 0 Å². The van der Waals surface area contributed by atoms with Crippen molar-refractivity contribution < 1.29 is 17.4 Å². The number of guanidine groups is 1. The Labute approximate surface area is 167 Å². The van der Waals surface area contributed by atoms with Crippen molar-refractivity contribution in [3.63, 3.8) is 0 Å². The van der Waals surface area contributed by atoms with E-state index in [-0.39, 0.29) is 0 Å². The van der Waals surface area contributed by atoms with E-state index in [0.717, 1.165) is 24.2 Å². The van der Waals surface area contributed by atoms with Gasteiger partial charge < -0.3 is 10.6 Å². The Hall–Kier alpha value is -1.61. The maximum Gasteiger partial charge on any atom is 0.401 e. The van der Waals surface area contributed by atoms with Crippen molar-refractivity contribution in [1.29, 1.82) is 0 Å². The van der Waals surface area contributed by atoms with Crippen molar-refractivity contribution in [1.82, 2.24) is 15.5 Å². The highest BCUT2D eigenvalue weighted by Gasteiger charge is 2.32. The average molecular weight is 419 g/mol. The quantitative estimate of drug-likeness (QED) is 0.503. The largest absolute Gasteiger partial charge is 0.401 e. The first-order valence-electron chi connectivity index (χ1n) is 9.54. The van der Waals surface area contributed by atoms with Crippen molar-refractivity contribution in [3.8, 4) is 0 Å². The summed E-state index contributed by atoms with van der Waals surface area (Å²) in [5.74, 6) is 1.57. The highest BCUT2D eigenvalue weighted by molar-refractivity contribution is 7.85. The summed E-state index contributed by atoms with van der Waals surface area (Å²) in [6.07, 6.45) is -1.63. The first-order chi connectivity index (χ1) is 13.4. The molecule has 1 aromatic carbocycles. The zero-order valence-electron chi connectivity index (χ0n) is 16.2. The van der Waals surface area contributed by atoms with E-state index in [1.807, 2.05) is 30.3 Å². The van der Waals surface area contributed by atoms with E-state index in [2.05, 4.69) is 15.6 Å². The van der Waals surface area contributed by atoms with E-state index in [4.69, 9.17) is 0 Å². The molecule has 0 bridgehead atoms. The Balaban J connectivity index is 1.59. The van der Waals surface area contributed by atoms with E-state index < -0.39 is 23.5 Å². The van der Waals surface area contributed by atoms with Gasteiger partial charge in [0, 0.05) is 30.8 Å². The molecule has 0 aromatic heterocycles. The van der Waals surface area contributed by atoms with E-state index in [1.54, 1.807) is 7.05 Å². The molecule has 9 heteroatoms. The number of benzene rings is 1. The minimum Gasteiger partial charge on any atom is -0.356 e. The van der Waals surface area contributed by atoms with Crippen molar-refractivity contribution >= 4 is 16.8 Å². The second-order valence-corrected chi connectivity index (χ2v) is 8.48. The topological polar surface area (TPSA) is 56.7 Å². The Kier molecular flexibility index (Phi) is 9.24. The summed E-state index contributed by atoms with van der Waals surface area (Å²) in [6, 6.07) is 9.33. The van der Waals surface area contributed by atoms with Crippen LogP contribution in [0.2, 0.25) is 0 Å². The molecule has 1 aliphatic heterocycles. The fourth-order valence-corrected chi connectivity index (χ4v) is 4.24. The minimum absolute atomic E-state index is 0.431. The number of hydrogen-bond acceptors (Lipinski definition) is 3. The number of aliphatic imine (C=N–C) groups is 1. The van der Waals surface area contributed by atoms with Gasteiger partial charge >= 0.3 is 6.18 Å². The Morgan fingerprint density at radius 2 is 1.82 bits per heavy atom. The highest BCUT2D eigenvalue weighted by atomic mass is 32.2. The number of piperidine rings is 1. The predicted molar refractivity (Wildman–Crippen MR) is 107 cm³/mol. The molecule has 0 radical (unpaired) electrons. The van der Waals surface area contributed by atoms with Crippen LogP contribution in [0.4, 0.5) is 13.2 Å². The maximum absolute atomic E-state index is 12.4. The number of halogens is 3. The number of nitrogens with zero attached hydrogens (tertiary/aromatic N) is 2. The van der Waals surface area contributed by atoms with Crippen LogP contribution < -0.4 is 10.6 Å². The SMILES string of the molecule is CN=C(NCCC1CCN(CC(F)(F)F)CC1)NCCS(=O)c1ccccc1. The van der Waals surface area contributed by atoms with Crippen molar-refractivity contribution in [3.05, 3.63) is 30.3 Å². The third-order valence-corrected chi connectivity index (χ3v) is 6.14. The van der Waals surface area contributed by atoms with Crippen molar-refractivity contribution in [2.24, 2.45) is 10.9 Å². The van der Waals surface area contributed by atoms with Crippen LogP contribution in [0.3, 0.4) is 0 Å². The van der Waals surface area contributed by atoms with Crippen LogP contribution in [0, 0.1) is 5.92 Å². The van der Waals surface area contributed by atoms with Crippen LogP contribution in [0.5, 0.6) is 0 Å². The number of alkyl halides is 3. The molecule has 0 aliphatic carbocycles. The second kappa shape index (κ2) is 11.4. The molecule has 1 unspecified atom stereocenters. The molecule has 28 heavy (non-hydrogen) atoms. The molecule has 2 N–H and O–H groups in total. The lowest BCUT2D eigenvalue weighted by molar-refractivity contribution is -0.148. The Morgan fingerprint density at radius 3 is 2.43 bits per heavy atom. The molecule has 158 valence electrons. The maximum atomic E-state index is 12.4. The molecule has 1 atom stereocenters. The molecule has 0 spiro atoms. The van der Waals surface area contributed by atoms with Gasteiger partial charge in [-0.05, 0) is 50.4 Å². The van der Waals surface area contributed by atoms with E-state index in [9.17, 15) is 17.4 Å². The van der Waals surface area contributed by atoms with Gasteiger partial charge in [0.05, 0.1) is 17.3 Å². The smallest absolute Gasteiger partial charge is 0.356 e. The zero-order chi connectivity index (χ0) is 20.4. The van der Waals surface area contributed by atoms with Gasteiger partial charge in [-0.1, -0.05) is 18.2 Å². The van der Waals surface area contributed by atoms with Crippen LogP contribution in [-0.4, -0.2) is 66.8 Å². The predicted octanol–water partition coefficient (Wildman–Crippen LogP) is 2.62. The van der Waals surface area contributed by atoms with Gasteiger partial charge in [-0.25, -0.2) is 0 Å². The molecule has 0 saturated carbocycles. The third-order valence-electron chi connectivity index (χ3n) is 4.76. The van der Waals surface area contributed by atoms with E-state index in [0.29, 0.717) is 43.8 Å². The van der Waals surface area contributed by atoms with Crippen molar-refractivity contribution in [2.75, 3.05) is 45.5 Å². The van der Waals surface area contributed by atoms with E-state index >= 15 is 0 Å². The molecule has 0 amide bonds. The average Bonchev–Trinajstić information content (AvgIpc) is 2.67. The van der Waals surface area contributed by atoms with Crippen LogP contribution in [0.15, 0.2) is 40.2 Å². The molecule has 5 nitrogen and oxygen atoms in total. The van der Waals surface area contributed by atoms with Gasteiger partial charge in [0.2, 0.25) is 0 Å². The first-order valence-corrected chi connectivity index (χ1v) is 10.9. The Bertz CT molecular complexity index is 632. The van der Waals surface area contributed by atoms with Gasteiger partial charge in [-0.2, -0.15) is 13.2 Å². The third kappa shape index (κ3) is 8.60. The summed E-state index contributed by atoms with van der Waals surface area (Å²) in [5, 5.41) is 6.38. The summed E-state index contributed by atoms with van der Waals surface area (Å²) >= 11 is 0. The normalized spacial score (nSPS) is 18.1. The number of likely N-dealkylation sites (tertiary alicyclic amines) is 1. The van der Waals surface area contributed by atoms with Gasteiger partial charge in [0.15, 0.2) is 5.96 Å². The molecule has 1 aromatic rings. The monoisotopic (exact) mass is 418 g/mol. The molecule has 1 heterocycles. The Morgan fingerprint density at radius 1 is 1.18 bits per heavy atom. The van der Waals surface area contributed by atoms with Gasteiger partial charge in [-0.15, -0.1) is 0 Å². The highest BCUT2D eigenvalue weighted by Crippen LogP contribution is 2.23. The molecular weight excluding hydrogens is 389 g/mol. The lowest BCUT2D eigenvalue weighted by Crippen LogP contribution is -2.42. The fourth-order valence-electron chi connectivity index (χ4n) is 3.25. The fraction of sp³-hybridized carbons (Fsp3) is 0.632. The molecular formula is C19H29F3N4OS. The summed E-state index contributed by atoms with van der Waals surface area (Å²) in [4.78, 5) is 6.45. The molecule has 2 rings (SSSR count). The lowest BCUT2D eigenvalue weighted by atomic mass is 9.93. The summed E-state index contributed by atoms with van der Waals surface area (Å²) < 4.78 is 49.5. The van der Waals surface area contributed by atoms with Crippen LogP contribution in [0.1, 0.15) is 19.3 Å². The number of rotatable bonds is 8. The molecule has 1 aliphatic rings. The summed E-state index contributed by atoms with van der Waals surface area (Å²) in [7, 11) is 0.627. The van der Waals surface area contributed by atoms with Crippen LogP contribution in [-0.2, 0) is 10.8 Å². The van der Waals surface area contributed by atoms with Crippen LogP contribution >= 0.6 is 0 Å². The first kappa shape index (κ1) is 22.7. The number of nitrogens with one attached hydrogen (secondary N) is 2. The minimum atomic E-state index is -4.11. The zero-order valence-corrected chi connectivity index (χ0v) is 17.0. The second-order valence-electron chi connectivity index (χ2n) is 6.91. The van der Waals surface area contributed by atoms with Gasteiger partial charge in [0.25, 0.3) is 0 Å².